The maximum atomic E-state index is 12.3. The molecule has 0 atom stereocenters. The lowest BCUT2D eigenvalue weighted by molar-refractivity contribution is -0.402. The third kappa shape index (κ3) is 3.06. The number of benzene rings is 1. The number of aryl methyl sites for hydroxylation is 1. The average molecular weight is 377 g/mol. The van der Waals surface area contributed by atoms with Crippen molar-refractivity contribution in [1.82, 2.24) is 4.57 Å². The number of rotatable bonds is 5. The van der Waals surface area contributed by atoms with Crippen molar-refractivity contribution < 1.29 is 23.6 Å². The minimum atomic E-state index is -0.709. The number of amides is 1. The molecule has 0 aliphatic heterocycles. The second-order valence-electron chi connectivity index (χ2n) is 5.12. The number of methoxy groups -OCH3 is 2. The van der Waals surface area contributed by atoms with Crippen LogP contribution in [-0.2, 0) is 6.54 Å². The maximum Gasteiger partial charge on any atom is 0.433 e. The van der Waals surface area contributed by atoms with Gasteiger partial charge in [-0.15, -0.1) is 0 Å². The summed E-state index contributed by atoms with van der Waals surface area (Å²) < 4.78 is 18.3. The number of carbonyl (C=O) groups excluding carboxylic acids is 1. The smallest absolute Gasteiger partial charge is 0.433 e. The molecule has 0 saturated heterocycles. The van der Waals surface area contributed by atoms with Crippen LogP contribution in [0.1, 0.15) is 17.5 Å². The van der Waals surface area contributed by atoms with Crippen LogP contribution in [0.2, 0.25) is 0 Å². The summed E-state index contributed by atoms with van der Waals surface area (Å²) in [6.45, 7) is 2.46. The van der Waals surface area contributed by atoms with Gasteiger partial charge in [0.05, 0.1) is 25.0 Å². The topological polar surface area (TPSA) is 109 Å². The molecular formula is C16H15N3O6S. The van der Waals surface area contributed by atoms with Gasteiger partial charge in [0.1, 0.15) is 21.9 Å². The molecule has 10 heteroatoms. The van der Waals surface area contributed by atoms with E-state index in [0.717, 1.165) is 16.3 Å². The van der Waals surface area contributed by atoms with Gasteiger partial charge in [-0.3, -0.25) is 14.9 Å². The zero-order chi connectivity index (χ0) is 18.8. The van der Waals surface area contributed by atoms with E-state index >= 15 is 0 Å². The van der Waals surface area contributed by atoms with E-state index in [0.29, 0.717) is 22.8 Å². The number of thiazole rings is 1. The summed E-state index contributed by atoms with van der Waals surface area (Å²) >= 11 is 1.28. The number of fused-ring (bicyclic) bond motifs is 1. The molecule has 0 N–H and O–H groups in total. The van der Waals surface area contributed by atoms with E-state index in [9.17, 15) is 14.9 Å². The Hall–Kier alpha value is -3.14. The van der Waals surface area contributed by atoms with Gasteiger partial charge >= 0.3 is 11.8 Å². The number of ether oxygens (including phenoxy) is 2. The third-order valence-electron chi connectivity index (χ3n) is 3.67. The first kappa shape index (κ1) is 17.7. The summed E-state index contributed by atoms with van der Waals surface area (Å²) in [6, 6.07) is 5.94. The largest absolute Gasteiger partial charge is 0.497 e. The van der Waals surface area contributed by atoms with Crippen LogP contribution in [0.25, 0.3) is 10.2 Å². The Morgan fingerprint density at radius 2 is 2.12 bits per heavy atom. The molecule has 1 aromatic carbocycles. The van der Waals surface area contributed by atoms with Crippen LogP contribution in [0.3, 0.4) is 0 Å². The summed E-state index contributed by atoms with van der Waals surface area (Å²) in [5.74, 6) is -0.174. The van der Waals surface area contributed by atoms with Crippen molar-refractivity contribution in [2.45, 2.75) is 13.5 Å². The van der Waals surface area contributed by atoms with Crippen LogP contribution in [0, 0.1) is 10.1 Å². The molecule has 136 valence electrons. The summed E-state index contributed by atoms with van der Waals surface area (Å²) in [4.78, 5) is 26.8. The molecule has 0 spiro atoms. The molecule has 2 aromatic heterocycles. The fraction of sp³-hybridized carbons (Fsp3) is 0.250. The number of carbonyl (C=O) groups is 1. The van der Waals surface area contributed by atoms with Gasteiger partial charge in [-0.2, -0.15) is 4.99 Å². The van der Waals surface area contributed by atoms with Crippen molar-refractivity contribution in [1.29, 1.82) is 0 Å². The quantitative estimate of drug-likeness (QED) is 0.499. The Kier molecular flexibility index (Phi) is 4.76. The van der Waals surface area contributed by atoms with Crippen LogP contribution in [0.5, 0.6) is 11.5 Å². The SMILES string of the molecule is CCn1c(=NC(=O)c2ccc([N+](=O)[O-])o2)sc2cc(OC)cc(OC)c21. The highest BCUT2D eigenvalue weighted by Gasteiger charge is 2.18. The van der Waals surface area contributed by atoms with Gasteiger partial charge < -0.3 is 18.5 Å². The molecule has 0 unspecified atom stereocenters. The van der Waals surface area contributed by atoms with E-state index in [1.165, 1.54) is 17.4 Å². The normalized spacial score (nSPS) is 11.7. The number of hydrogen-bond donors (Lipinski definition) is 0. The molecule has 1 amide bonds. The molecule has 3 rings (SSSR count). The maximum absolute atomic E-state index is 12.3. The molecule has 0 saturated carbocycles. The first-order valence-electron chi connectivity index (χ1n) is 7.57. The third-order valence-corrected chi connectivity index (χ3v) is 4.69. The van der Waals surface area contributed by atoms with Crippen LogP contribution < -0.4 is 14.3 Å². The van der Waals surface area contributed by atoms with Crippen molar-refractivity contribution >= 4 is 33.3 Å². The first-order chi connectivity index (χ1) is 12.5. The van der Waals surface area contributed by atoms with Crippen molar-refractivity contribution in [3.05, 3.63) is 44.9 Å². The summed E-state index contributed by atoms with van der Waals surface area (Å²) in [5, 5.41) is 10.7. The van der Waals surface area contributed by atoms with Crippen molar-refractivity contribution in [3.63, 3.8) is 0 Å². The highest BCUT2D eigenvalue weighted by Crippen LogP contribution is 2.32. The standard InChI is InChI=1S/C16H15N3O6S/c1-4-18-14-11(24-3)7-9(23-2)8-12(14)26-16(18)17-15(20)10-5-6-13(25-10)19(21)22/h5-8H,4H2,1-3H3. The summed E-state index contributed by atoms with van der Waals surface area (Å²) in [6.07, 6.45) is 0. The highest BCUT2D eigenvalue weighted by atomic mass is 32.1. The minimum absolute atomic E-state index is 0.193. The predicted molar refractivity (Wildman–Crippen MR) is 93.8 cm³/mol. The van der Waals surface area contributed by atoms with Crippen LogP contribution in [0.4, 0.5) is 5.88 Å². The van der Waals surface area contributed by atoms with Crippen LogP contribution in [0.15, 0.2) is 33.7 Å². The monoisotopic (exact) mass is 377 g/mol. The van der Waals surface area contributed by atoms with Crippen LogP contribution >= 0.6 is 11.3 Å². The Morgan fingerprint density at radius 3 is 2.69 bits per heavy atom. The number of furan rings is 1. The van der Waals surface area contributed by atoms with Gasteiger partial charge in [0.2, 0.25) is 5.76 Å². The van der Waals surface area contributed by atoms with Crippen molar-refractivity contribution in [2.75, 3.05) is 14.2 Å². The lowest BCUT2D eigenvalue weighted by atomic mass is 10.3. The predicted octanol–water partition coefficient (Wildman–Crippen LogP) is 2.98. The van der Waals surface area contributed by atoms with E-state index in [2.05, 4.69) is 4.99 Å². The molecule has 0 bridgehead atoms. The molecule has 3 aromatic rings. The summed E-state index contributed by atoms with van der Waals surface area (Å²) in [7, 11) is 3.11. The summed E-state index contributed by atoms with van der Waals surface area (Å²) in [5.41, 5.74) is 0.790. The number of hydrogen-bond acceptors (Lipinski definition) is 7. The van der Waals surface area contributed by atoms with Gasteiger partial charge in [0.25, 0.3) is 0 Å². The van der Waals surface area contributed by atoms with E-state index in [4.69, 9.17) is 13.9 Å². The van der Waals surface area contributed by atoms with Gasteiger partial charge in [0.15, 0.2) is 4.80 Å². The molecule has 0 aliphatic rings. The zero-order valence-corrected chi connectivity index (χ0v) is 15.0. The van der Waals surface area contributed by atoms with E-state index in [1.54, 1.807) is 20.3 Å². The Bertz CT molecular complexity index is 1060. The van der Waals surface area contributed by atoms with E-state index < -0.39 is 16.7 Å². The van der Waals surface area contributed by atoms with Gasteiger partial charge in [-0.05, 0) is 19.1 Å². The lowest BCUT2D eigenvalue weighted by Crippen LogP contribution is -2.16. The van der Waals surface area contributed by atoms with Crippen molar-refractivity contribution in [3.8, 4) is 11.5 Å². The number of nitrogens with zero attached hydrogens (tertiary/aromatic N) is 3. The van der Waals surface area contributed by atoms with E-state index in [-0.39, 0.29) is 5.76 Å². The van der Waals surface area contributed by atoms with Crippen molar-refractivity contribution in [2.24, 2.45) is 4.99 Å². The Balaban J connectivity index is 2.15. The zero-order valence-electron chi connectivity index (χ0n) is 14.2. The molecule has 2 heterocycles. The molecule has 0 radical (unpaired) electrons. The molecule has 26 heavy (non-hydrogen) atoms. The van der Waals surface area contributed by atoms with Gasteiger partial charge in [-0.25, -0.2) is 0 Å². The minimum Gasteiger partial charge on any atom is -0.497 e. The van der Waals surface area contributed by atoms with E-state index in [1.807, 2.05) is 17.6 Å². The molecular weight excluding hydrogens is 362 g/mol. The van der Waals surface area contributed by atoms with Gasteiger partial charge in [0, 0.05) is 12.6 Å². The molecule has 0 fully saturated rings. The fourth-order valence-corrected chi connectivity index (χ4v) is 3.62. The Labute approximate surface area is 151 Å². The van der Waals surface area contributed by atoms with Crippen LogP contribution in [-0.4, -0.2) is 29.6 Å². The first-order valence-corrected chi connectivity index (χ1v) is 8.38. The Morgan fingerprint density at radius 1 is 1.35 bits per heavy atom. The average Bonchev–Trinajstić information content (AvgIpc) is 3.25. The van der Waals surface area contributed by atoms with Gasteiger partial charge in [-0.1, -0.05) is 11.3 Å². The molecule has 0 aliphatic carbocycles. The number of aromatic nitrogens is 1. The highest BCUT2D eigenvalue weighted by molar-refractivity contribution is 7.16. The number of nitro groups is 1. The lowest BCUT2D eigenvalue weighted by Gasteiger charge is -2.08. The second-order valence-corrected chi connectivity index (χ2v) is 6.13. The second kappa shape index (κ2) is 7.00. The molecule has 9 nitrogen and oxygen atoms in total. The fourth-order valence-electron chi connectivity index (χ4n) is 2.48.